The van der Waals surface area contributed by atoms with E-state index in [0.717, 1.165) is 11.7 Å². The Morgan fingerprint density at radius 1 is 1.22 bits per heavy atom. The molecule has 96 valence electrons. The SMILES string of the molecule is CC1CCCC(Nc2cncc3nnnn23)CC1. The van der Waals surface area contributed by atoms with Gasteiger partial charge in [0.25, 0.3) is 0 Å². The molecule has 1 aliphatic rings. The maximum atomic E-state index is 4.16. The van der Waals surface area contributed by atoms with Gasteiger partial charge in [0.15, 0.2) is 11.5 Å². The van der Waals surface area contributed by atoms with Crippen molar-refractivity contribution in [3.63, 3.8) is 0 Å². The highest BCUT2D eigenvalue weighted by molar-refractivity contribution is 5.44. The number of fused-ring (bicyclic) bond motifs is 1. The molecule has 1 N–H and O–H groups in total. The van der Waals surface area contributed by atoms with E-state index in [4.69, 9.17) is 0 Å². The number of aromatic nitrogens is 5. The Labute approximate surface area is 106 Å². The van der Waals surface area contributed by atoms with Gasteiger partial charge in [0.05, 0.1) is 12.4 Å². The lowest BCUT2D eigenvalue weighted by Gasteiger charge is -2.17. The number of hydrogen-bond donors (Lipinski definition) is 1. The lowest BCUT2D eigenvalue weighted by Crippen LogP contribution is -2.20. The second-order valence-electron chi connectivity index (χ2n) is 5.20. The first-order valence-electron chi connectivity index (χ1n) is 6.61. The third-order valence-electron chi connectivity index (χ3n) is 3.72. The minimum atomic E-state index is 0.506. The first-order valence-corrected chi connectivity index (χ1v) is 6.61. The Morgan fingerprint density at radius 3 is 3.11 bits per heavy atom. The van der Waals surface area contributed by atoms with Gasteiger partial charge in [-0.1, -0.05) is 19.8 Å². The molecule has 18 heavy (non-hydrogen) atoms. The number of anilines is 1. The molecule has 6 nitrogen and oxygen atoms in total. The van der Waals surface area contributed by atoms with Gasteiger partial charge < -0.3 is 5.32 Å². The summed E-state index contributed by atoms with van der Waals surface area (Å²) in [5.74, 6) is 1.73. The Bertz CT molecular complexity index is 522. The highest BCUT2D eigenvalue weighted by Crippen LogP contribution is 2.24. The van der Waals surface area contributed by atoms with E-state index in [1.807, 2.05) is 0 Å². The van der Waals surface area contributed by atoms with Gasteiger partial charge in [0.1, 0.15) is 0 Å². The second kappa shape index (κ2) is 4.88. The second-order valence-corrected chi connectivity index (χ2v) is 5.20. The zero-order chi connectivity index (χ0) is 12.4. The number of nitrogens with one attached hydrogen (secondary N) is 1. The monoisotopic (exact) mass is 246 g/mol. The van der Waals surface area contributed by atoms with E-state index in [-0.39, 0.29) is 0 Å². The summed E-state index contributed by atoms with van der Waals surface area (Å²) in [4.78, 5) is 4.16. The molecule has 0 aliphatic heterocycles. The Hall–Kier alpha value is -1.72. The maximum Gasteiger partial charge on any atom is 0.199 e. The van der Waals surface area contributed by atoms with Gasteiger partial charge >= 0.3 is 0 Å². The molecule has 1 aliphatic carbocycles. The van der Waals surface area contributed by atoms with Crippen LogP contribution in [0.2, 0.25) is 0 Å². The van der Waals surface area contributed by atoms with Crippen molar-refractivity contribution in [1.82, 2.24) is 25.0 Å². The van der Waals surface area contributed by atoms with E-state index < -0.39 is 0 Å². The van der Waals surface area contributed by atoms with Gasteiger partial charge in [0, 0.05) is 6.04 Å². The van der Waals surface area contributed by atoms with Crippen molar-refractivity contribution in [2.45, 2.75) is 45.1 Å². The summed E-state index contributed by atoms with van der Waals surface area (Å²) in [6, 6.07) is 0.506. The molecule has 0 amide bonds. The van der Waals surface area contributed by atoms with Crippen LogP contribution >= 0.6 is 0 Å². The van der Waals surface area contributed by atoms with E-state index in [0.29, 0.717) is 11.7 Å². The highest BCUT2D eigenvalue weighted by Gasteiger charge is 2.17. The Kier molecular flexibility index (Phi) is 3.08. The molecule has 2 unspecified atom stereocenters. The van der Waals surface area contributed by atoms with Crippen molar-refractivity contribution in [3.05, 3.63) is 12.4 Å². The average molecular weight is 246 g/mol. The van der Waals surface area contributed by atoms with Gasteiger partial charge in [-0.2, -0.15) is 4.52 Å². The molecule has 6 heteroatoms. The van der Waals surface area contributed by atoms with Crippen LogP contribution in [0.1, 0.15) is 39.0 Å². The number of nitrogens with zero attached hydrogens (tertiary/aromatic N) is 5. The molecular formula is C12H18N6. The fourth-order valence-electron chi connectivity index (χ4n) is 2.61. The summed E-state index contributed by atoms with van der Waals surface area (Å²) in [5.41, 5.74) is 0.682. The van der Waals surface area contributed by atoms with Crippen molar-refractivity contribution < 1.29 is 0 Å². The molecule has 0 bridgehead atoms. The van der Waals surface area contributed by atoms with E-state index in [1.54, 1.807) is 16.9 Å². The molecule has 1 saturated carbocycles. The molecule has 0 radical (unpaired) electrons. The number of tetrazole rings is 1. The lowest BCUT2D eigenvalue weighted by molar-refractivity contribution is 0.501. The Balaban J connectivity index is 1.77. The normalized spacial score (nSPS) is 24.9. The third kappa shape index (κ3) is 2.27. The summed E-state index contributed by atoms with van der Waals surface area (Å²) in [6.45, 7) is 2.34. The van der Waals surface area contributed by atoms with Crippen molar-refractivity contribution in [3.8, 4) is 0 Å². The van der Waals surface area contributed by atoms with Gasteiger partial charge in [-0.25, -0.2) is 0 Å². The predicted molar refractivity (Wildman–Crippen MR) is 68.2 cm³/mol. The standard InChI is InChI=1S/C12H18N6/c1-9-3-2-4-10(6-5-9)14-11-7-13-8-12-15-16-17-18(11)12/h7-10,14H,2-6H2,1H3. The fraction of sp³-hybridized carbons (Fsp3) is 0.667. The quantitative estimate of drug-likeness (QED) is 0.820. The highest BCUT2D eigenvalue weighted by atomic mass is 15.5. The van der Waals surface area contributed by atoms with Gasteiger partial charge in [-0.15, -0.1) is 5.10 Å². The predicted octanol–water partition coefficient (Wildman–Crippen LogP) is 1.90. The van der Waals surface area contributed by atoms with E-state index in [1.165, 1.54) is 32.1 Å². The summed E-state index contributed by atoms with van der Waals surface area (Å²) in [6.07, 6.45) is 9.79. The summed E-state index contributed by atoms with van der Waals surface area (Å²) in [5, 5.41) is 15.1. The minimum absolute atomic E-state index is 0.506. The van der Waals surface area contributed by atoms with Crippen molar-refractivity contribution in [2.75, 3.05) is 5.32 Å². The zero-order valence-corrected chi connectivity index (χ0v) is 10.6. The first kappa shape index (κ1) is 11.4. The molecule has 3 rings (SSSR count). The molecular weight excluding hydrogens is 228 g/mol. The maximum absolute atomic E-state index is 4.16. The van der Waals surface area contributed by atoms with Crippen LogP contribution in [0.25, 0.3) is 5.65 Å². The van der Waals surface area contributed by atoms with Crippen LogP contribution in [0.4, 0.5) is 5.82 Å². The van der Waals surface area contributed by atoms with Crippen molar-refractivity contribution in [2.24, 2.45) is 5.92 Å². The molecule has 0 aromatic carbocycles. The fourth-order valence-corrected chi connectivity index (χ4v) is 2.61. The van der Waals surface area contributed by atoms with Crippen molar-refractivity contribution in [1.29, 1.82) is 0 Å². The van der Waals surface area contributed by atoms with Gasteiger partial charge in [0.2, 0.25) is 0 Å². The van der Waals surface area contributed by atoms with Crippen LogP contribution in [0.5, 0.6) is 0 Å². The van der Waals surface area contributed by atoms with Crippen LogP contribution in [-0.4, -0.2) is 31.1 Å². The van der Waals surface area contributed by atoms with Crippen LogP contribution in [-0.2, 0) is 0 Å². The Morgan fingerprint density at radius 2 is 2.17 bits per heavy atom. The smallest absolute Gasteiger partial charge is 0.199 e. The van der Waals surface area contributed by atoms with Crippen molar-refractivity contribution >= 4 is 11.5 Å². The molecule has 2 aromatic rings. The average Bonchev–Trinajstić information content (AvgIpc) is 2.76. The summed E-state index contributed by atoms with van der Waals surface area (Å²) in [7, 11) is 0. The molecule has 2 heterocycles. The summed E-state index contributed by atoms with van der Waals surface area (Å²) >= 11 is 0. The molecule has 0 saturated heterocycles. The number of rotatable bonds is 2. The number of hydrogen-bond acceptors (Lipinski definition) is 5. The minimum Gasteiger partial charge on any atom is -0.366 e. The van der Waals surface area contributed by atoms with E-state index >= 15 is 0 Å². The largest absolute Gasteiger partial charge is 0.366 e. The van der Waals surface area contributed by atoms with E-state index in [2.05, 4.69) is 32.7 Å². The summed E-state index contributed by atoms with van der Waals surface area (Å²) < 4.78 is 1.71. The lowest BCUT2D eigenvalue weighted by atomic mass is 10.0. The van der Waals surface area contributed by atoms with Crippen LogP contribution in [0.15, 0.2) is 12.4 Å². The van der Waals surface area contributed by atoms with Gasteiger partial charge in [-0.05, 0) is 35.6 Å². The topological polar surface area (TPSA) is 68.0 Å². The van der Waals surface area contributed by atoms with Crippen LogP contribution < -0.4 is 5.32 Å². The zero-order valence-electron chi connectivity index (χ0n) is 10.6. The molecule has 2 aromatic heterocycles. The van der Waals surface area contributed by atoms with Crippen LogP contribution in [0.3, 0.4) is 0 Å². The molecule has 0 spiro atoms. The third-order valence-corrected chi connectivity index (χ3v) is 3.72. The van der Waals surface area contributed by atoms with E-state index in [9.17, 15) is 0 Å². The first-order chi connectivity index (χ1) is 8.83. The molecule has 1 fully saturated rings. The molecule has 2 atom stereocenters. The van der Waals surface area contributed by atoms with Crippen LogP contribution in [0, 0.1) is 5.92 Å². The van der Waals surface area contributed by atoms with Gasteiger partial charge in [-0.3, -0.25) is 4.98 Å².